The number of halogens is 3. The molecule has 114 valence electrons. The summed E-state index contributed by atoms with van der Waals surface area (Å²) in [5.41, 5.74) is 0. The topological polar surface area (TPSA) is 85.5 Å². The number of carboxylic acids is 1. The van der Waals surface area contributed by atoms with Gasteiger partial charge in [-0.25, -0.2) is 0 Å². The summed E-state index contributed by atoms with van der Waals surface area (Å²) >= 11 is 0. The zero-order valence-corrected chi connectivity index (χ0v) is 11.0. The molecule has 0 aliphatic heterocycles. The second-order valence-corrected chi connectivity index (χ2v) is 4.38. The molecule has 20 heavy (non-hydrogen) atoms. The number of nitrogens with zero attached hydrogens (tertiary/aromatic N) is 2. The minimum atomic E-state index is -4.37. The normalized spacial score (nSPS) is 15.1. The maximum Gasteiger partial charge on any atom is 0.411 e. The number of aromatic nitrogens is 2. The molecule has 2 atom stereocenters. The molecule has 1 aromatic rings. The third-order valence-electron chi connectivity index (χ3n) is 2.75. The van der Waals surface area contributed by atoms with Crippen LogP contribution in [0.2, 0.25) is 0 Å². The summed E-state index contributed by atoms with van der Waals surface area (Å²) in [6.45, 7) is 1.60. The van der Waals surface area contributed by atoms with Crippen molar-refractivity contribution in [3.8, 4) is 0 Å². The van der Waals surface area contributed by atoms with Crippen molar-refractivity contribution in [1.29, 1.82) is 0 Å². The molecule has 0 radical (unpaired) electrons. The van der Waals surface area contributed by atoms with Crippen LogP contribution in [-0.2, 0) is 16.0 Å². The zero-order valence-electron chi connectivity index (χ0n) is 11.0. The number of hydrogen-bond donors (Lipinski definition) is 1. The lowest BCUT2D eigenvalue weighted by Gasteiger charge is -2.10. The van der Waals surface area contributed by atoms with Crippen LogP contribution >= 0.6 is 0 Å². The van der Waals surface area contributed by atoms with E-state index in [2.05, 4.69) is 14.9 Å². The second kappa shape index (κ2) is 6.69. The first kappa shape index (κ1) is 16.4. The summed E-state index contributed by atoms with van der Waals surface area (Å²) in [5.74, 6) is -1.85. The molecule has 1 heterocycles. The van der Waals surface area contributed by atoms with E-state index in [4.69, 9.17) is 9.63 Å². The summed E-state index contributed by atoms with van der Waals surface area (Å²) in [7, 11) is 0. The molecule has 1 rings (SSSR count). The van der Waals surface area contributed by atoms with E-state index in [0.717, 1.165) is 0 Å². The van der Waals surface area contributed by atoms with Crippen molar-refractivity contribution in [3.05, 3.63) is 11.7 Å². The van der Waals surface area contributed by atoms with Crippen LogP contribution in [-0.4, -0.2) is 40.6 Å². The zero-order chi connectivity index (χ0) is 15.3. The molecule has 2 unspecified atom stereocenters. The predicted molar refractivity (Wildman–Crippen MR) is 60.1 cm³/mol. The van der Waals surface area contributed by atoms with Gasteiger partial charge in [0.25, 0.3) is 0 Å². The van der Waals surface area contributed by atoms with Gasteiger partial charge in [0.1, 0.15) is 6.61 Å². The second-order valence-electron chi connectivity index (χ2n) is 4.38. The van der Waals surface area contributed by atoms with Gasteiger partial charge in [0.05, 0.1) is 12.5 Å². The highest BCUT2D eigenvalue weighted by Crippen LogP contribution is 2.22. The van der Waals surface area contributed by atoms with Crippen molar-refractivity contribution < 1.29 is 32.3 Å². The quantitative estimate of drug-likeness (QED) is 0.775. The van der Waals surface area contributed by atoms with Crippen LogP contribution in [0.3, 0.4) is 0 Å². The fourth-order valence-corrected chi connectivity index (χ4v) is 1.33. The number of alkyl halides is 3. The Morgan fingerprint density at radius 1 is 1.45 bits per heavy atom. The van der Waals surface area contributed by atoms with Crippen molar-refractivity contribution in [2.24, 2.45) is 5.92 Å². The van der Waals surface area contributed by atoms with E-state index in [9.17, 15) is 18.0 Å². The Morgan fingerprint density at radius 2 is 2.10 bits per heavy atom. The third-order valence-corrected chi connectivity index (χ3v) is 2.75. The number of carboxylic acid groups (broad SMARTS) is 1. The Labute approximate surface area is 112 Å². The van der Waals surface area contributed by atoms with Crippen LogP contribution < -0.4 is 0 Å². The van der Waals surface area contributed by atoms with E-state index in [1.54, 1.807) is 6.92 Å². The average molecular weight is 296 g/mol. The minimum Gasteiger partial charge on any atom is -0.481 e. The fourth-order valence-electron chi connectivity index (χ4n) is 1.33. The molecule has 0 saturated heterocycles. The first-order valence-electron chi connectivity index (χ1n) is 5.90. The molecule has 0 bridgehead atoms. The maximum absolute atomic E-state index is 11.8. The third kappa shape index (κ3) is 5.16. The van der Waals surface area contributed by atoms with Gasteiger partial charge in [0.2, 0.25) is 5.89 Å². The van der Waals surface area contributed by atoms with Crippen molar-refractivity contribution in [2.75, 3.05) is 13.2 Å². The first-order chi connectivity index (χ1) is 9.20. The average Bonchev–Trinajstić information content (AvgIpc) is 2.80. The molecular weight excluding hydrogens is 281 g/mol. The largest absolute Gasteiger partial charge is 0.481 e. The van der Waals surface area contributed by atoms with Crippen LogP contribution in [0.15, 0.2) is 4.52 Å². The molecule has 0 aliphatic carbocycles. The van der Waals surface area contributed by atoms with Gasteiger partial charge in [-0.1, -0.05) is 19.0 Å². The number of hydrogen-bond acceptors (Lipinski definition) is 5. The Balaban J connectivity index is 2.45. The highest BCUT2D eigenvalue weighted by Gasteiger charge is 2.28. The number of rotatable bonds is 7. The maximum atomic E-state index is 11.8. The van der Waals surface area contributed by atoms with Gasteiger partial charge >= 0.3 is 12.1 Å². The van der Waals surface area contributed by atoms with Crippen LogP contribution in [0.4, 0.5) is 13.2 Å². The lowest BCUT2D eigenvalue weighted by atomic mass is 9.96. The van der Waals surface area contributed by atoms with Gasteiger partial charge in [-0.05, 0) is 0 Å². The predicted octanol–water partition coefficient (Wildman–Crippen LogP) is 2.02. The summed E-state index contributed by atoms with van der Waals surface area (Å²) in [5, 5.41) is 12.4. The van der Waals surface area contributed by atoms with Gasteiger partial charge in [0, 0.05) is 12.3 Å². The van der Waals surface area contributed by atoms with E-state index in [0.29, 0.717) is 0 Å². The van der Waals surface area contributed by atoms with Crippen molar-refractivity contribution in [3.63, 3.8) is 0 Å². The SMILES string of the molecule is CC(C(=O)O)C(C)c1nc(CCOCC(F)(F)F)no1. The lowest BCUT2D eigenvalue weighted by Crippen LogP contribution is -2.18. The summed E-state index contributed by atoms with van der Waals surface area (Å²) in [6.07, 6.45) is -4.30. The molecule has 1 N–H and O–H groups in total. The molecule has 9 heteroatoms. The van der Waals surface area contributed by atoms with Gasteiger partial charge < -0.3 is 14.4 Å². The highest BCUT2D eigenvalue weighted by molar-refractivity contribution is 5.70. The van der Waals surface area contributed by atoms with Crippen molar-refractivity contribution in [2.45, 2.75) is 32.4 Å². The number of carbonyl (C=O) groups is 1. The van der Waals surface area contributed by atoms with Crippen LogP contribution in [0.25, 0.3) is 0 Å². The summed E-state index contributed by atoms with van der Waals surface area (Å²) in [6, 6.07) is 0. The molecule has 0 amide bonds. The molecule has 1 aromatic heterocycles. The molecular formula is C11H15F3N2O4. The van der Waals surface area contributed by atoms with E-state index >= 15 is 0 Å². The minimum absolute atomic E-state index is 0.0632. The molecule has 6 nitrogen and oxygen atoms in total. The fraction of sp³-hybridized carbons (Fsp3) is 0.727. The molecule has 0 saturated carbocycles. The summed E-state index contributed by atoms with van der Waals surface area (Å²) in [4.78, 5) is 14.8. The Kier molecular flexibility index (Phi) is 5.49. The molecule has 0 fully saturated rings. The Hall–Kier alpha value is -1.64. The molecule has 0 aromatic carbocycles. The van der Waals surface area contributed by atoms with Crippen LogP contribution in [0.5, 0.6) is 0 Å². The standard InChI is InChI=1S/C11H15F3N2O4/c1-6(7(2)10(17)18)9-15-8(16-20-9)3-4-19-5-11(12,13)14/h6-7H,3-5H2,1-2H3,(H,17,18). The Morgan fingerprint density at radius 3 is 2.65 bits per heavy atom. The molecule has 0 spiro atoms. The van der Waals surface area contributed by atoms with Crippen LogP contribution in [0, 0.1) is 5.92 Å². The van der Waals surface area contributed by atoms with E-state index in [1.165, 1.54) is 6.92 Å². The van der Waals surface area contributed by atoms with Gasteiger partial charge in [0.15, 0.2) is 5.82 Å². The smallest absolute Gasteiger partial charge is 0.411 e. The lowest BCUT2D eigenvalue weighted by molar-refractivity contribution is -0.173. The number of ether oxygens (including phenoxy) is 1. The number of aliphatic carboxylic acids is 1. The molecule has 0 aliphatic rings. The van der Waals surface area contributed by atoms with Gasteiger partial charge in [-0.3, -0.25) is 4.79 Å². The monoisotopic (exact) mass is 296 g/mol. The Bertz CT molecular complexity index is 447. The van der Waals surface area contributed by atoms with Gasteiger partial charge in [-0.2, -0.15) is 18.2 Å². The summed E-state index contributed by atoms with van der Waals surface area (Å²) < 4.78 is 44.8. The van der Waals surface area contributed by atoms with Crippen molar-refractivity contribution in [1.82, 2.24) is 10.1 Å². The van der Waals surface area contributed by atoms with E-state index < -0.39 is 30.6 Å². The van der Waals surface area contributed by atoms with E-state index in [1.807, 2.05) is 0 Å². The first-order valence-corrected chi connectivity index (χ1v) is 5.90. The van der Waals surface area contributed by atoms with E-state index in [-0.39, 0.29) is 24.7 Å². The van der Waals surface area contributed by atoms with Crippen LogP contribution in [0.1, 0.15) is 31.5 Å². The van der Waals surface area contributed by atoms with Gasteiger partial charge in [-0.15, -0.1) is 0 Å². The highest BCUT2D eigenvalue weighted by atomic mass is 19.4. The van der Waals surface area contributed by atoms with Crippen molar-refractivity contribution >= 4 is 5.97 Å².